The van der Waals surface area contributed by atoms with Gasteiger partial charge < -0.3 is 15.2 Å². The number of rotatable bonds is 4. The first-order chi connectivity index (χ1) is 10.3. The smallest absolute Gasteiger partial charge is 0.234 e. The van der Waals surface area contributed by atoms with E-state index in [1.54, 1.807) is 6.33 Å². The highest BCUT2D eigenvalue weighted by Crippen LogP contribution is 2.28. The molecule has 0 bridgehead atoms. The molecule has 7 heteroatoms. The van der Waals surface area contributed by atoms with Gasteiger partial charge in [-0.15, -0.1) is 0 Å². The number of carbonyl (C=O) groups is 1. The van der Waals surface area contributed by atoms with E-state index in [1.807, 2.05) is 18.3 Å². The molecule has 2 N–H and O–H groups in total. The molecule has 1 fully saturated rings. The monoisotopic (exact) mass is 284 g/mol. The van der Waals surface area contributed by atoms with Gasteiger partial charge in [-0.2, -0.15) is 5.26 Å². The zero-order chi connectivity index (χ0) is 14.7. The summed E-state index contributed by atoms with van der Waals surface area (Å²) in [5.74, 6) is 0.678. The Hall–Kier alpha value is -2.62. The van der Waals surface area contributed by atoms with Crippen molar-refractivity contribution >= 4 is 22.8 Å². The summed E-state index contributed by atoms with van der Waals surface area (Å²) < 4.78 is 0. The van der Waals surface area contributed by atoms with Crippen LogP contribution in [0.1, 0.15) is 19.3 Å². The van der Waals surface area contributed by atoms with Crippen molar-refractivity contribution in [3.8, 4) is 6.07 Å². The fraction of sp³-hybridized carbons (Fsp3) is 0.429. The molecule has 1 aliphatic heterocycles. The fourth-order valence-corrected chi connectivity index (χ4v) is 2.78. The maximum atomic E-state index is 11.4. The molecule has 2 aromatic rings. The Morgan fingerprint density at radius 3 is 3.33 bits per heavy atom. The topological polar surface area (TPSA) is 97.7 Å². The molecule has 0 aromatic carbocycles. The molecule has 0 radical (unpaired) electrons. The third-order valence-electron chi connectivity index (χ3n) is 3.76. The number of nitrogens with one attached hydrogen (secondary N) is 2. The maximum Gasteiger partial charge on any atom is 0.234 e. The van der Waals surface area contributed by atoms with Crippen LogP contribution in [0.5, 0.6) is 0 Å². The van der Waals surface area contributed by atoms with Crippen molar-refractivity contribution in [1.29, 1.82) is 5.26 Å². The van der Waals surface area contributed by atoms with E-state index >= 15 is 0 Å². The molecule has 1 atom stereocenters. The number of hydrogen-bond acceptors (Lipinski definition) is 5. The lowest BCUT2D eigenvalue weighted by atomic mass is 10.2. The lowest BCUT2D eigenvalue weighted by Crippen LogP contribution is -2.40. The summed E-state index contributed by atoms with van der Waals surface area (Å²) in [6.45, 7) is 1.45. The van der Waals surface area contributed by atoms with E-state index in [0.717, 1.165) is 36.2 Å². The third kappa shape index (κ3) is 2.65. The molecule has 7 nitrogen and oxygen atoms in total. The third-order valence-corrected chi connectivity index (χ3v) is 3.76. The van der Waals surface area contributed by atoms with Gasteiger partial charge in [-0.25, -0.2) is 9.97 Å². The van der Waals surface area contributed by atoms with Gasteiger partial charge in [0.15, 0.2) is 0 Å². The normalized spacial score (nSPS) is 17.9. The van der Waals surface area contributed by atoms with Gasteiger partial charge in [-0.1, -0.05) is 0 Å². The van der Waals surface area contributed by atoms with Gasteiger partial charge in [0.25, 0.3) is 0 Å². The Labute approximate surface area is 122 Å². The number of fused-ring (bicyclic) bond motifs is 1. The zero-order valence-electron chi connectivity index (χ0n) is 11.5. The summed E-state index contributed by atoms with van der Waals surface area (Å²) in [6, 6.07) is 4.03. The molecule has 3 heterocycles. The van der Waals surface area contributed by atoms with Crippen molar-refractivity contribution in [2.45, 2.75) is 25.3 Å². The van der Waals surface area contributed by atoms with E-state index in [-0.39, 0.29) is 18.4 Å². The number of aromatic amines is 1. The highest BCUT2D eigenvalue weighted by Gasteiger charge is 2.27. The number of nitrogens with zero attached hydrogens (tertiary/aromatic N) is 4. The number of anilines is 1. The second-order valence-electron chi connectivity index (χ2n) is 5.07. The van der Waals surface area contributed by atoms with E-state index in [0.29, 0.717) is 6.54 Å². The minimum atomic E-state index is -0.223. The molecule has 0 unspecified atom stereocenters. The van der Waals surface area contributed by atoms with Gasteiger partial charge in [0.2, 0.25) is 5.91 Å². The SMILES string of the molecule is N#CCC(=O)NC[C@@H]1CCCN1c1ncnc2[nH]ccc12. The summed E-state index contributed by atoms with van der Waals surface area (Å²) in [5.41, 5.74) is 0.819. The molecule has 2 aromatic heterocycles. The zero-order valence-corrected chi connectivity index (χ0v) is 11.5. The lowest BCUT2D eigenvalue weighted by Gasteiger charge is -2.26. The summed E-state index contributed by atoms with van der Waals surface area (Å²) in [4.78, 5) is 25.3. The van der Waals surface area contributed by atoms with Crippen molar-refractivity contribution in [3.63, 3.8) is 0 Å². The molecule has 1 saturated heterocycles. The van der Waals surface area contributed by atoms with Crippen LogP contribution in [-0.4, -0.2) is 40.0 Å². The van der Waals surface area contributed by atoms with Crippen molar-refractivity contribution in [1.82, 2.24) is 20.3 Å². The standard InChI is InChI=1S/C14H16N6O/c15-5-3-12(21)17-8-10-2-1-7-20(10)14-11-4-6-16-13(11)18-9-19-14/h4,6,9-10H,1-3,7-8H2,(H,17,21)(H,16,18,19)/t10-/m0/s1. The van der Waals surface area contributed by atoms with Crippen LogP contribution in [0.15, 0.2) is 18.6 Å². The summed E-state index contributed by atoms with van der Waals surface area (Å²) in [7, 11) is 0. The van der Waals surface area contributed by atoms with Crippen molar-refractivity contribution in [2.75, 3.05) is 18.0 Å². The van der Waals surface area contributed by atoms with Gasteiger partial charge >= 0.3 is 0 Å². The highest BCUT2D eigenvalue weighted by atomic mass is 16.1. The van der Waals surface area contributed by atoms with E-state index in [2.05, 4.69) is 25.2 Å². The quantitative estimate of drug-likeness (QED) is 0.871. The summed E-state index contributed by atoms with van der Waals surface area (Å²) in [5, 5.41) is 12.3. The first-order valence-electron chi connectivity index (χ1n) is 6.98. The van der Waals surface area contributed by atoms with Crippen LogP contribution in [0.2, 0.25) is 0 Å². The number of carbonyl (C=O) groups excluding carboxylic acids is 1. The summed E-state index contributed by atoms with van der Waals surface area (Å²) in [6.07, 6.45) is 5.38. The molecule has 21 heavy (non-hydrogen) atoms. The summed E-state index contributed by atoms with van der Waals surface area (Å²) >= 11 is 0. The minimum Gasteiger partial charge on any atom is -0.353 e. The largest absolute Gasteiger partial charge is 0.353 e. The molecule has 0 saturated carbocycles. The fourth-order valence-electron chi connectivity index (χ4n) is 2.78. The number of aromatic nitrogens is 3. The van der Waals surface area contributed by atoms with Crippen molar-refractivity contribution in [2.24, 2.45) is 0 Å². The van der Waals surface area contributed by atoms with Gasteiger partial charge in [-0.3, -0.25) is 4.79 Å². The number of nitriles is 1. The number of hydrogen-bond donors (Lipinski definition) is 2. The Morgan fingerprint density at radius 1 is 1.57 bits per heavy atom. The van der Waals surface area contributed by atoms with Gasteiger partial charge in [0, 0.05) is 25.3 Å². The van der Waals surface area contributed by atoms with Gasteiger partial charge in [0.1, 0.15) is 24.2 Å². The van der Waals surface area contributed by atoms with Gasteiger partial charge in [-0.05, 0) is 18.9 Å². The predicted molar refractivity (Wildman–Crippen MR) is 77.5 cm³/mol. The van der Waals surface area contributed by atoms with Crippen molar-refractivity contribution < 1.29 is 4.79 Å². The van der Waals surface area contributed by atoms with Crippen LogP contribution < -0.4 is 10.2 Å². The van der Waals surface area contributed by atoms with Crippen LogP contribution in [0.3, 0.4) is 0 Å². The average molecular weight is 284 g/mol. The molecule has 1 aliphatic rings. The molecule has 1 amide bonds. The Bertz CT molecular complexity index is 688. The Morgan fingerprint density at radius 2 is 2.48 bits per heavy atom. The van der Waals surface area contributed by atoms with E-state index in [1.165, 1.54) is 0 Å². The molecule has 108 valence electrons. The second kappa shape index (κ2) is 5.79. The molecule has 0 spiro atoms. The predicted octanol–water partition coefficient (Wildman–Crippen LogP) is 0.957. The number of amides is 1. The molecule has 0 aliphatic carbocycles. The highest BCUT2D eigenvalue weighted by molar-refractivity contribution is 5.87. The lowest BCUT2D eigenvalue weighted by molar-refractivity contribution is -0.120. The van der Waals surface area contributed by atoms with Crippen LogP contribution in [0, 0.1) is 11.3 Å². The van der Waals surface area contributed by atoms with Gasteiger partial charge in [0.05, 0.1) is 11.5 Å². The average Bonchev–Trinajstić information content (AvgIpc) is 3.13. The van der Waals surface area contributed by atoms with E-state index < -0.39 is 0 Å². The Kier molecular flexibility index (Phi) is 3.69. The van der Waals surface area contributed by atoms with Crippen LogP contribution in [-0.2, 0) is 4.79 Å². The molecular weight excluding hydrogens is 268 g/mol. The Balaban J connectivity index is 1.76. The second-order valence-corrected chi connectivity index (χ2v) is 5.07. The maximum absolute atomic E-state index is 11.4. The first kappa shape index (κ1) is 13.4. The van der Waals surface area contributed by atoms with Crippen LogP contribution in [0.25, 0.3) is 11.0 Å². The van der Waals surface area contributed by atoms with Crippen LogP contribution >= 0.6 is 0 Å². The molecular formula is C14H16N6O. The number of H-pyrrole nitrogens is 1. The minimum absolute atomic E-state index is 0.0950. The van der Waals surface area contributed by atoms with E-state index in [9.17, 15) is 4.79 Å². The van der Waals surface area contributed by atoms with E-state index in [4.69, 9.17) is 5.26 Å². The molecule has 3 rings (SSSR count). The van der Waals surface area contributed by atoms with Crippen molar-refractivity contribution in [3.05, 3.63) is 18.6 Å². The van der Waals surface area contributed by atoms with Crippen LogP contribution in [0.4, 0.5) is 5.82 Å². The first-order valence-corrected chi connectivity index (χ1v) is 6.98.